The van der Waals surface area contributed by atoms with Gasteiger partial charge in [0.1, 0.15) is 0 Å². The molecule has 0 aliphatic carbocycles. The summed E-state index contributed by atoms with van der Waals surface area (Å²) in [5.74, 6) is -0.341. The maximum atomic E-state index is 11.7. The topological polar surface area (TPSA) is 64.8 Å². The molecule has 1 fully saturated rings. The first-order valence-corrected chi connectivity index (χ1v) is 7.32. The van der Waals surface area contributed by atoms with Gasteiger partial charge in [0.15, 0.2) is 0 Å². The monoisotopic (exact) mass is 292 g/mol. The Kier molecular flexibility index (Phi) is 4.42. The van der Waals surface area contributed by atoms with Crippen molar-refractivity contribution >= 4 is 17.3 Å². The van der Waals surface area contributed by atoms with Crippen LogP contribution in [0.15, 0.2) is 18.2 Å². The third kappa shape index (κ3) is 3.67. The summed E-state index contributed by atoms with van der Waals surface area (Å²) in [6.07, 6.45) is 0.137. The molecule has 0 saturated carbocycles. The van der Waals surface area contributed by atoms with E-state index in [9.17, 15) is 4.79 Å². The summed E-state index contributed by atoms with van der Waals surface area (Å²) in [7, 11) is 0. The molecule has 21 heavy (non-hydrogen) atoms. The Morgan fingerprint density at radius 3 is 2.81 bits per heavy atom. The fourth-order valence-electron chi connectivity index (χ4n) is 2.82. The zero-order valence-electron chi connectivity index (χ0n) is 13.2. The number of ether oxygens (including phenoxy) is 2. The number of nitrogen functional groups attached to an aromatic ring is 1. The molecular weight excluding hydrogens is 268 g/mol. The van der Waals surface area contributed by atoms with Gasteiger partial charge in [-0.3, -0.25) is 0 Å². The van der Waals surface area contributed by atoms with E-state index in [1.165, 1.54) is 0 Å². The zero-order valence-corrected chi connectivity index (χ0v) is 13.2. The molecule has 0 bridgehead atoms. The number of nitrogens with zero attached hydrogens (tertiary/aromatic N) is 1. The van der Waals surface area contributed by atoms with Crippen LogP contribution in [0.3, 0.4) is 0 Å². The lowest BCUT2D eigenvalue weighted by atomic mass is 10.0. The molecule has 1 aromatic rings. The SMILES string of the molecule is CCOC(=O)c1ccc(N2CC(C)OC(C)(C)C2)c(N)c1. The smallest absolute Gasteiger partial charge is 0.338 e. The summed E-state index contributed by atoms with van der Waals surface area (Å²) in [4.78, 5) is 13.9. The zero-order chi connectivity index (χ0) is 15.6. The number of carbonyl (C=O) groups is 1. The van der Waals surface area contributed by atoms with Gasteiger partial charge < -0.3 is 20.1 Å². The summed E-state index contributed by atoms with van der Waals surface area (Å²) in [6.45, 7) is 9.88. The van der Waals surface area contributed by atoms with Crippen molar-refractivity contribution in [1.82, 2.24) is 0 Å². The van der Waals surface area contributed by atoms with Crippen LogP contribution >= 0.6 is 0 Å². The Hall–Kier alpha value is -1.75. The van der Waals surface area contributed by atoms with Gasteiger partial charge in [-0.25, -0.2) is 4.79 Å². The molecule has 1 heterocycles. The van der Waals surface area contributed by atoms with Gasteiger partial charge in [0.2, 0.25) is 0 Å². The Morgan fingerprint density at radius 1 is 1.52 bits per heavy atom. The number of hydrogen-bond donors (Lipinski definition) is 1. The molecular formula is C16H24N2O3. The van der Waals surface area contributed by atoms with E-state index in [1.54, 1.807) is 19.1 Å². The second-order valence-electron chi connectivity index (χ2n) is 6.06. The highest BCUT2D eigenvalue weighted by Gasteiger charge is 2.32. The molecule has 0 radical (unpaired) electrons. The standard InChI is InChI=1S/C16H24N2O3/c1-5-20-15(19)12-6-7-14(13(17)8-12)18-9-11(2)21-16(3,4)10-18/h6-8,11H,5,9-10,17H2,1-4H3. The lowest BCUT2D eigenvalue weighted by Crippen LogP contribution is -2.52. The van der Waals surface area contributed by atoms with E-state index >= 15 is 0 Å². The number of esters is 1. The molecule has 116 valence electrons. The Labute approximate surface area is 126 Å². The minimum atomic E-state index is -0.341. The van der Waals surface area contributed by atoms with Crippen molar-refractivity contribution in [3.05, 3.63) is 23.8 Å². The molecule has 1 aliphatic heterocycles. The second-order valence-corrected chi connectivity index (χ2v) is 6.06. The molecule has 1 aromatic carbocycles. The fourth-order valence-corrected chi connectivity index (χ4v) is 2.82. The number of benzene rings is 1. The number of hydrogen-bond acceptors (Lipinski definition) is 5. The van der Waals surface area contributed by atoms with Crippen LogP contribution in [-0.2, 0) is 9.47 Å². The normalized spacial score (nSPS) is 21.1. The molecule has 1 atom stereocenters. The predicted molar refractivity (Wildman–Crippen MR) is 83.6 cm³/mol. The van der Waals surface area contributed by atoms with Gasteiger partial charge >= 0.3 is 5.97 Å². The molecule has 1 unspecified atom stereocenters. The number of rotatable bonds is 3. The van der Waals surface area contributed by atoms with Crippen molar-refractivity contribution in [1.29, 1.82) is 0 Å². The average Bonchev–Trinajstić information content (AvgIpc) is 2.36. The molecule has 0 spiro atoms. The Bertz CT molecular complexity index is 528. The van der Waals surface area contributed by atoms with E-state index in [2.05, 4.69) is 25.7 Å². The first-order chi connectivity index (χ1) is 9.82. The van der Waals surface area contributed by atoms with Crippen LogP contribution in [-0.4, -0.2) is 37.4 Å². The summed E-state index contributed by atoms with van der Waals surface area (Å²) >= 11 is 0. The molecule has 0 aromatic heterocycles. The van der Waals surface area contributed by atoms with Gasteiger partial charge in [-0.2, -0.15) is 0 Å². The van der Waals surface area contributed by atoms with E-state index in [1.807, 2.05) is 6.07 Å². The lowest BCUT2D eigenvalue weighted by Gasteiger charge is -2.43. The second kappa shape index (κ2) is 5.93. The van der Waals surface area contributed by atoms with Crippen molar-refractivity contribution in [3.8, 4) is 0 Å². The number of anilines is 2. The van der Waals surface area contributed by atoms with Gasteiger partial charge in [-0.05, 0) is 45.9 Å². The molecule has 2 N–H and O–H groups in total. The highest BCUT2D eigenvalue weighted by Crippen LogP contribution is 2.30. The van der Waals surface area contributed by atoms with Crippen molar-refractivity contribution < 1.29 is 14.3 Å². The number of carbonyl (C=O) groups excluding carboxylic acids is 1. The summed E-state index contributed by atoms with van der Waals surface area (Å²) in [5, 5.41) is 0. The largest absolute Gasteiger partial charge is 0.462 e. The van der Waals surface area contributed by atoms with E-state index < -0.39 is 0 Å². The highest BCUT2D eigenvalue weighted by molar-refractivity contribution is 5.92. The van der Waals surface area contributed by atoms with Gasteiger partial charge in [0, 0.05) is 13.1 Å². The van der Waals surface area contributed by atoms with Gasteiger partial charge in [-0.15, -0.1) is 0 Å². The van der Waals surface area contributed by atoms with Crippen LogP contribution in [0.5, 0.6) is 0 Å². The quantitative estimate of drug-likeness (QED) is 0.685. The molecule has 5 nitrogen and oxygen atoms in total. The van der Waals surface area contributed by atoms with Crippen LogP contribution in [0, 0.1) is 0 Å². The molecule has 2 rings (SSSR count). The van der Waals surface area contributed by atoms with Gasteiger partial charge in [0.05, 0.1) is 35.3 Å². The van der Waals surface area contributed by atoms with Gasteiger partial charge in [-0.1, -0.05) is 0 Å². The fraction of sp³-hybridized carbons (Fsp3) is 0.562. The van der Waals surface area contributed by atoms with E-state index in [-0.39, 0.29) is 17.7 Å². The van der Waals surface area contributed by atoms with Crippen molar-refractivity contribution in [3.63, 3.8) is 0 Å². The van der Waals surface area contributed by atoms with Crippen LogP contribution in [0.25, 0.3) is 0 Å². The third-order valence-corrected chi connectivity index (χ3v) is 3.45. The van der Waals surface area contributed by atoms with Crippen LogP contribution < -0.4 is 10.6 Å². The Balaban J connectivity index is 2.22. The number of nitrogens with two attached hydrogens (primary N) is 1. The maximum absolute atomic E-state index is 11.7. The van der Waals surface area contributed by atoms with Crippen LogP contribution in [0.4, 0.5) is 11.4 Å². The molecule has 1 saturated heterocycles. The van der Waals surface area contributed by atoms with Crippen LogP contribution in [0.1, 0.15) is 38.1 Å². The molecule has 5 heteroatoms. The average molecular weight is 292 g/mol. The van der Waals surface area contributed by atoms with Crippen molar-refractivity contribution in [2.24, 2.45) is 0 Å². The summed E-state index contributed by atoms with van der Waals surface area (Å²) < 4.78 is 10.9. The van der Waals surface area contributed by atoms with Crippen molar-refractivity contribution in [2.45, 2.75) is 39.4 Å². The highest BCUT2D eigenvalue weighted by atomic mass is 16.5. The molecule has 0 amide bonds. The first kappa shape index (κ1) is 15.6. The van der Waals surface area contributed by atoms with Crippen molar-refractivity contribution in [2.75, 3.05) is 30.3 Å². The maximum Gasteiger partial charge on any atom is 0.338 e. The minimum absolute atomic E-state index is 0.137. The first-order valence-electron chi connectivity index (χ1n) is 7.32. The van der Waals surface area contributed by atoms with E-state index in [4.69, 9.17) is 15.2 Å². The predicted octanol–water partition coefficient (Wildman–Crippen LogP) is 2.45. The van der Waals surface area contributed by atoms with E-state index in [0.29, 0.717) is 17.9 Å². The lowest BCUT2D eigenvalue weighted by molar-refractivity contribution is -0.0749. The van der Waals surface area contributed by atoms with Crippen LogP contribution in [0.2, 0.25) is 0 Å². The minimum Gasteiger partial charge on any atom is -0.462 e. The summed E-state index contributed by atoms with van der Waals surface area (Å²) in [5.41, 5.74) is 7.92. The third-order valence-electron chi connectivity index (χ3n) is 3.45. The number of morpholine rings is 1. The Morgan fingerprint density at radius 2 is 2.24 bits per heavy atom. The van der Waals surface area contributed by atoms with E-state index in [0.717, 1.165) is 18.8 Å². The molecule has 1 aliphatic rings. The van der Waals surface area contributed by atoms with Gasteiger partial charge in [0.25, 0.3) is 0 Å². The summed E-state index contributed by atoms with van der Waals surface area (Å²) in [6, 6.07) is 5.33.